The molecule has 2 aromatic heterocycles. The van der Waals surface area contributed by atoms with E-state index >= 15 is 0 Å². The molecule has 0 saturated heterocycles. The van der Waals surface area contributed by atoms with Gasteiger partial charge < -0.3 is 0 Å². The van der Waals surface area contributed by atoms with Crippen LogP contribution < -0.4 is 0 Å². The SMILES string of the molecule is CC1CC=CC=C1c1nc(-c2ccccc2)nc(-c2ccc(-c3cccc4c(-c5ccc(-c6cc(-c7ccccc7)nc(-c7ccccc7)c6)cc5)cccc34)cc2)n1. The molecule has 0 aliphatic heterocycles. The van der Waals surface area contributed by atoms with Crippen LogP contribution in [0.5, 0.6) is 0 Å². The fraction of sp³-hybridized carbons (Fsp3) is 0.0545. The molecule has 0 bridgehead atoms. The highest BCUT2D eigenvalue weighted by atomic mass is 15.0. The van der Waals surface area contributed by atoms with Crippen molar-refractivity contribution < 1.29 is 0 Å². The fourth-order valence-corrected chi connectivity index (χ4v) is 8.06. The van der Waals surface area contributed by atoms with Crippen LogP contribution in [0.4, 0.5) is 0 Å². The molecule has 4 heteroatoms. The molecule has 9 aromatic rings. The molecule has 1 unspecified atom stereocenters. The molecule has 7 aromatic carbocycles. The van der Waals surface area contributed by atoms with Gasteiger partial charge in [-0.25, -0.2) is 19.9 Å². The van der Waals surface area contributed by atoms with E-state index in [0.29, 0.717) is 17.6 Å². The molecule has 0 N–H and O–H groups in total. The molecular formula is C55H40N4. The molecule has 4 nitrogen and oxygen atoms in total. The third kappa shape index (κ3) is 7.29. The van der Waals surface area contributed by atoms with Gasteiger partial charge in [-0.1, -0.05) is 201 Å². The second-order valence-corrected chi connectivity index (χ2v) is 15.1. The zero-order valence-corrected chi connectivity index (χ0v) is 32.7. The van der Waals surface area contributed by atoms with Crippen molar-refractivity contribution in [3.8, 4) is 78.7 Å². The molecule has 0 spiro atoms. The van der Waals surface area contributed by atoms with Gasteiger partial charge in [-0.3, -0.25) is 0 Å². The highest BCUT2D eigenvalue weighted by Gasteiger charge is 2.19. The average Bonchev–Trinajstić information content (AvgIpc) is 3.32. The number of benzene rings is 7. The standard InChI is InChI=1S/C55H40N4/c1-37-15-11-12-22-46(37)55-58-53(43-20-9-4-10-21-43)57-54(59-55)44-33-31-40(32-34-44)48-24-14-25-49-47(23-13-26-50(48)49)39-29-27-38(28-30-39)45-35-51(41-16-5-2-6-17-41)56-52(36-45)42-18-7-3-8-19-42/h2-14,16-37H,15H2,1H3. The van der Waals surface area contributed by atoms with Gasteiger partial charge in [0.2, 0.25) is 0 Å². The van der Waals surface area contributed by atoms with Crippen molar-refractivity contribution in [1.82, 2.24) is 19.9 Å². The first-order valence-electron chi connectivity index (χ1n) is 20.2. The van der Waals surface area contributed by atoms with Gasteiger partial charge >= 0.3 is 0 Å². The van der Waals surface area contributed by atoms with E-state index in [9.17, 15) is 0 Å². The van der Waals surface area contributed by atoms with Gasteiger partial charge in [-0.05, 0) is 68.6 Å². The van der Waals surface area contributed by atoms with Gasteiger partial charge in [-0.15, -0.1) is 0 Å². The highest BCUT2D eigenvalue weighted by molar-refractivity contribution is 6.04. The van der Waals surface area contributed by atoms with Crippen LogP contribution in [0.2, 0.25) is 0 Å². The number of rotatable bonds is 8. The summed E-state index contributed by atoms with van der Waals surface area (Å²) in [4.78, 5) is 20.1. The van der Waals surface area contributed by atoms with Crippen LogP contribution in [0.1, 0.15) is 19.2 Å². The average molecular weight is 757 g/mol. The lowest BCUT2D eigenvalue weighted by Crippen LogP contribution is -2.08. The second-order valence-electron chi connectivity index (χ2n) is 15.1. The lowest BCUT2D eigenvalue weighted by molar-refractivity contribution is 0.747. The maximum absolute atomic E-state index is 5.08. The molecule has 1 aliphatic rings. The topological polar surface area (TPSA) is 51.6 Å². The number of hydrogen-bond donors (Lipinski definition) is 0. The third-order valence-electron chi connectivity index (χ3n) is 11.2. The largest absolute Gasteiger partial charge is 0.248 e. The zero-order chi connectivity index (χ0) is 39.5. The smallest absolute Gasteiger partial charge is 0.164 e. The Balaban J connectivity index is 0.981. The first-order chi connectivity index (χ1) is 29.1. The highest BCUT2D eigenvalue weighted by Crippen LogP contribution is 2.38. The van der Waals surface area contributed by atoms with Crippen molar-refractivity contribution >= 4 is 16.3 Å². The van der Waals surface area contributed by atoms with Gasteiger partial charge in [0.15, 0.2) is 17.5 Å². The Kier molecular flexibility index (Phi) is 9.57. The number of fused-ring (bicyclic) bond motifs is 1. The quantitative estimate of drug-likeness (QED) is 0.155. The maximum atomic E-state index is 5.08. The molecule has 0 fully saturated rings. The van der Waals surface area contributed by atoms with Crippen molar-refractivity contribution in [3.63, 3.8) is 0 Å². The van der Waals surface area contributed by atoms with Gasteiger partial charge in [-0.2, -0.15) is 0 Å². The van der Waals surface area contributed by atoms with E-state index in [2.05, 4.69) is 183 Å². The van der Waals surface area contributed by atoms with Crippen LogP contribution in [0, 0.1) is 5.92 Å². The number of pyridine rings is 1. The normalized spacial score (nSPS) is 13.6. The van der Waals surface area contributed by atoms with Crippen LogP contribution in [0.3, 0.4) is 0 Å². The van der Waals surface area contributed by atoms with E-state index in [1.807, 2.05) is 30.3 Å². The maximum Gasteiger partial charge on any atom is 0.164 e. The summed E-state index contributed by atoms with van der Waals surface area (Å²) in [5, 5.41) is 2.41. The predicted molar refractivity (Wildman–Crippen MR) is 244 cm³/mol. The predicted octanol–water partition coefficient (Wildman–Crippen LogP) is 14.1. The molecule has 10 rings (SSSR count). The van der Waals surface area contributed by atoms with Crippen LogP contribution in [-0.4, -0.2) is 19.9 Å². The lowest BCUT2D eigenvalue weighted by Gasteiger charge is -2.17. The molecule has 59 heavy (non-hydrogen) atoms. The number of nitrogens with zero attached hydrogens (tertiary/aromatic N) is 4. The minimum atomic E-state index is 0.332. The monoisotopic (exact) mass is 756 g/mol. The van der Waals surface area contributed by atoms with E-state index in [4.69, 9.17) is 19.9 Å². The molecule has 0 saturated carbocycles. The summed E-state index contributed by atoms with van der Waals surface area (Å²) in [6.07, 6.45) is 7.41. The Hall–Kier alpha value is -7.56. The summed E-state index contributed by atoms with van der Waals surface area (Å²) in [6, 6.07) is 66.2. The molecular weight excluding hydrogens is 717 g/mol. The molecule has 0 radical (unpaired) electrons. The van der Waals surface area contributed by atoms with Crippen molar-refractivity contribution in [2.75, 3.05) is 0 Å². The van der Waals surface area contributed by atoms with Crippen LogP contribution in [0.15, 0.2) is 206 Å². The Bertz CT molecular complexity index is 2930. The molecule has 1 atom stereocenters. The van der Waals surface area contributed by atoms with Gasteiger partial charge in [0.1, 0.15) is 0 Å². The summed E-state index contributed by atoms with van der Waals surface area (Å²) < 4.78 is 0. The molecule has 1 aliphatic carbocycles. The summed E-state index contributed by atoms with van der Waals surface area (Å²) in [7, 11) is 0. The second kappa shape index (κ2) is 15.8. The molecule has 280 valence electrons. The number of allylic oxidation sites excluding steroid dienone is 4. The van der Waals surface area contributed by atoms with E-state index < -0.39 is 0 Å². The number of aromatic nitrogens is 4. The Morgan fingerprint density at radius 1 is 0.373 bits per heavy atom. The van der Waals surface area contributed by atoms with Crippen LogP contribution in [-0.2, 0) is 0 Å². The van der Waals surface area contributed by atoms with Crippen molar-refractivity contribution in [2.24, 2.45) is 5.92 Å². The van der Waals surface area contributed by atoms with Crippen LogP contribution in [0.25, 0.3) is 95.0 Å². The minimum Gasteiger partial charge on any atom is -0.248 e. The van der Waals surface area contributed by atoms with E-state index in [-0.39, 0.29) is 0 Å². The summed E-state index contributed by atoms with van der Waals surface area (Å²) in [5.41, 5.74) is 14.2. The van der Waals surface area contributed by atoms with Gasteiger partial charge in [0, 0.05) is 27.8 Å². The van der Waals surface area contributed by atoms with Crippen molar-refractivity contribution in [2.45, 2.75) is 13.3 Å². The van der Waals surface area contributed by atoms with Gasteiger partial charge in [0.05, 0.1) is 11.4 Å². The summed E-state index contributed by atoms with van der Waals surface area (Å²) in [5.74, 6) is 2.42. The summed E-state index contributed by atoms with van der Waals surface area (Å²) >= 11 is 0. The summed E-state index contributed by atoms with van der Waals surface area (Å²) in [6.45, 7) is 2.23. The first-order valence-corrected chi connectivity index (χ1v) is 20.2. The van der Waals surface area contributed by atoms with Crippen molar-refractivity contribution in [3.05, 3.63) is 212 Å². The fourth-order valence-electron chi connectivity index (χ4n) is 8.06. The van der Waals surface area contributed by atoms with E-state index in [1.54, 1.807) is 0 Å². The van der Waals surface area contributed by atoms with Crippen molar-refractivity contribution in [1.29, 1.82) is 0 Å². The Morgan fingerprint density at radius 3 is 1.32 bits per heavy atom. The Morgan fingerprint density at radius 2 is 0.814 bits per heavy atom. The van der Waals surface area contributed by atoms with Crippen LogP contribution >= 0.6 is 0 Å². The minimum absolute atomic E-state index is 0.332. The lowest BCUT2D eigenvalue weighted by atomic mass is 9.91. The van der Waals surface area contributed by atoms with Gasteiger partial charge in [0.25, 0.3) is 0 Å². The number of hydrogen-bond acceptors (Lipinski definition) is 4. The molecule has 2 heterocycles. The third-order valence-corrected chi connectivity index (χ3v) is 11.2. The van der Waals surface area contributed by atoms with E-state index in [1.165, 1.54) is 27.5 Å². The zero-order valence-electron chi connectivity index (χ0n) is 32.7. The Labute approximate surface area is 345 Å². The molecule has 0 amide bonds. The van der Waals surface area contributed by atoms with E-state index in [0.717, 1.165) is 68.2 Å². The first kappa shape index (κ1) is 35.8.